The van der Waals surface area contributed by atoms with Gasteiger partial charge in [0, 0.05) is 5.56 Å². The third-order valence-corrected chi connectivity index (χ3v) is 4.31. The smallest absolute Gasteiger partial charge is 0.261 e. The normalized spacial score (nSPS) is 9.82. The quantitative estimate of drug-likeness (QED) is 0.181. The van der Waals surface area contributed by atoms with Gasteiger partial charge in [0.2, 0.25) is 5.75 Å². The van der Waals surface area contributed by atoms with Crippen molar-refractivity contribution in [3.8, 4) is 17.4 Å². The Balaban J connectivity index is 0.00000104. The summed E-state index contributed by atoms with van der Waals surface area (Å²) in [6.45, 7) is 13.8. The van der Waals surface area contributed by atoms with Crippen molar-refractivity contribution < 1.29 is 23.3 Å². The van der Waals surface area contributed by atoms with Crippen LogP contribution in [0.4, 0.5) is 4.39 Å². The Morgan fingerprint density at radius 1 is 1.03 bits per heavy atom. The number of hydrogen-bond acceptors (Lipinski definition) is 5. The molecular formula is C28H40FNO4. The van der Waals surface area contributed by atoms with Crippen molar-refractivity contribution in [2.75, 3.05) is 34.1 Å². The number of hydrogen-bond donors (Lipinski definition) is 0. The van der Waals surface area contributed by atoms with Gasteiger partial charge in [0.05, 0.1) is 33.1 Å². The van der Waals surface area contributed by atoms with Crippen molar-refractivity contribution in [1.29, 1.82) is 0 Å². The molecule has 1 aromatic carbocycles. The second-order valence-corrected chi connectivity index (χ2v) is 6.58. The summed E-state index contributed by atoms with van der Waals surface area (Å²) >= 11 is 0. The summed E-state index contributed by atoms with van der Waals surface area (Å²) in [5.74, 6) is 1.65. The van der Waals surface area contributed by atoms with Gasteiger partial charge in [0.1, 0.15) is 13.3 Å². The first-order valence-corrected chi connectivity index (χ1v) is 11.4. The first-order chi connectivity index (χ1) is 16.6. The Hall–Kier alpha value is -3.12. The highest BCUT2D eigenvalue weighted by Gasteiger charge is 2.20. The van der Waals surface area contributed by atoms with E-state index < -0.39 is 6.67 Å². The van der Waals surface area contributed by atoms with Crippen molar-refractivity contribution in [2.45, 2.75) is 40.2 Å². The molecule has 188 valence electrons. The van der Waals surface area contributed by atoms with Gasteiger partial charge in [-0.25, -0.2) is 9.37 Å². The van der Waals surface area contributed by atoms with E-state index in [-0.39, 0.29) is 6.61 Å². The van der Waals surface area contributed by atoms with Gasteiger partial charge in [0.15, 0.2) is 5.75 Å². The predicted molar refractivity (Wildman–Crippen MR) is 139 cm³/mol. The Labute approximate surface area is 204 Å². The molecule has 0 N–H and O–H groups in total. The SMILES string of the molecule is C=C/C=C/CCc1nc(OC)c(OC)c(OCc2ccccc2)c1C.C=CCOCCF.CC. The summed E-state index contributed by atoms with van der Waals surface area (Å²) in [5.41, 5.74) is 3.00. The molecule has 0 bridgehead atoms. The Kier molecular flexibility index (Phi) is 18.6. The highest BCUT2D eigenvalue weighted by atomic mass is 19.1. The maximum atomic E-state index is 11.2. The molecular weight excluding hydrogens is 433 g/mol. The number of aryl methyl sites for hydroxylation is 1. The summed E-state index contributed by atoms with van der Waals surface area (Å²) < 4.78 is 32.8. The molecule has 0 aliphatic heterocycles. The van der Waals surface area contributed by atoms with Crippen LogP contribution in [0.5, 0.6) is 17.4 Å². The Morgan fingerprint density at radius 3 is 2.29 bits per heavy atom. The number of benzene rings is 1. The van der Waals surface area contributed by atoms with Crippen molar-refractivity contribution >= 4 is 0 Å². The van der Waals surface area contributed by atoms with Crippen LogP contribution in [-0.2, 0) is 17.8 Å². The van der Waals surface area contributed by atoms with Gasteiger partial charge in [0.25, 0.3) is 5.88 Å². The number of rotatable bonds is 13. The summed E-state index contributed by atoms with van der Waals surface area (Å²) in [6.07, 6.45) is 9.02. The third kappa shape index (κ3) is 11.7. The van der Waals surface area contributed by atoms with E-state index in [1.54, 1.807) is 26.4 Å². The average molecular weight is 474 g/mol. The van der Waals surface area contributed by atoms with Gasteiger partial charge in [-0.05, 0) is 25.3 Å². The minimum absolute atomic E-state index is 0.187. The van der Waals surface area contributed by atoms with E-state index in [4.69, 9.17) is 14.2 Å². The number of halogens is 1. The van der Waals surface area contributed by atoms with Crippen LogP contribution in [0, 0.1) is 6.92 Å². The summed E-state index contributed by atoms with van der Waals surface area (Å²) in [7, 11) is 3.18. The summed E-state index contributed by atoms with van der Waals surface area (Å²) in [4.78, 5) is 4.59. The van der Waals surface area contributed by atoms with Crippen LogP contribution in [-0.4, -0.2) is 39.1 Å². The number of ether oxygens (including phenoxy) is 4. The zero-order valence-corrected chi connectivity index (χ0v) is 21.3. The lowest BCUT2D eigenvalue weighted by atomic mass is 10.1. The molecule has 1 heterocycles. The topological polar surface area (TPSA) is 49.8 Å². The van der Waals surface area contributed by atoms with Crippen LogP contribution >= 0.6 is 0 Å². The lowest BCUT2D eigenvalue weighted by molar-refractivity contribution is 0.144. The fourth-order valence-corrected chi connectivity index (χ4v) is 2.75. The Bertz CT molecular complexity index is 838. The molecule has 0 aliphatic rings. The van der Waals surface area contributed by atoms with E-state index >= 15 is 0 Å². The lowest BCUT2D eigenvalue weighted by Crippen LogP contribution is -2.06. The van der Waals surface area contributed by atoms with E-state index in [1.165, 1.54) is 0 Å². The molecule has 0 atom stereocenters. The van der Waals surface area contributed by atoms with E-state index in [0.717, 1.165) is 29.7 Å². The highest BCUT2D eigenvalue weighted by molar-refractivity contribution is 5.54. The fourth-order valence-electron chi connectivity index (χ4n) is 2.75. The van der Waals surface area contributed by atoms with Crippen LogP contribution in [0.3, 0.4) is 0 Å². The van der Waals surface area contributed by atoms with Gasteiger partial charge >= 0.3 is 0 Å². The molecule has 34 heavy (non-hydrogen) atoms. The van der Waals surface area contributed by atoms with Crippen LogP contribution in [0.2, 0.25) is 0 Å². The average Bonchev–Trinajstić information content (AvgIpc) is 2.88. The van der Waals surface area contributed by atoms with Crippen molar-refractivity contribution in [3.05, 3.63) is 84.6 Å². The minimum atomic E-state index is -0.409. The van der Waals surface area contributed by atoms with E-state index in [1.807, 2.05) is 57.2 Å². The minimum Gasteiger partial charge on any atom is -0.489 e. The first-order valence-electron chi connectivity index (χ1n) is 11.4. The second kappa shape index (κ2) is 20.5. The molecule has 0 aliphatic carbocycles. The second-order valence-electron chi connectivity index (χ2n) is 6.58. The molecule has 2 aromatic rings. The van der Waals surface area contributed by atoms with Crippen molar-refractivity contribution in [2.24, 2.45) is 0 Å². The number of allylic oxidation sites excluding steroid dienone is 3. The summed E-state index contributed by atoms with van der Waals surface area (Å²) in [6, 6.07) is 10.0. The van der Waals surface area contributed by atoms with E-state index in [2.05, 4.69) is 29.0 Å². The Morgan fingerprint density at radius 2 is 1.74 bits per heavy atom. The number of methoxy groups -OCH3 is 2. The molecule has 0 saturated heterocycles. The maximum absolute atomic E-state index is 11.2. The molecule has 2 rings (SSSR count). The standard InChI is InChI=1S/C21H25NO3.C5H9FO.C2H6/c1-5-6-7-11-14-18-16(2)19(20(23-3)21(22-18)24-4)25-15-17-12-9-8-10-13-17;1-2-4-7-5-3-6;1-2/h5-10,12-13H,1,11,14-15H2,2-4H3;2H,1,3-5H2;1-2H3/b7-6+;;. The zero-order valence-electron chi connectivity index (χ0n) is 21.3. The fraction of sp³-hybridized carbons (Fsp3) is 0.393. The molecule has 6 heteroatoms. The molecule has 0 saturated carbocycles. The van der Waals surface area contributed by atoms with Crippen molar-refractivity contribution in [3.63, 3.8) is 0 Å². The monoisotopic (exact) mass is 473 g/mol. The van der Waals surface area contributed by atoms with Crippen molar-refractivity contribution in [1.82, 2.24) is 4.98 Å². The lowest BCUT2D eigenvalue weighted by Gasteiger charge is -2.18. The predicted octanol–water partition coefficient (Wildman–Crippen LogP) is 6.85. The zero-order chi connectivity index (χ0) is 25.6. The van der Waals surface area contributed by atoms with Gasteiger partial charge in [-0.15, -0.1) is 6.58 Å². The van der Waals surface area contributed by atoms with Gasteiger partial charge in [-0.1, -0.05) is 75.1 Å². The number of alkyl halides is 1. The van der Waals surface area contributed by atoms with Crippen LogP contribution in [0.15, 0.2) is 67.8 Å². The molecule has 0 amide bonds. The van der Waals surface area contributed by atoms with Crippen LogP contribution in [0.1, 0.15) is 37.1 Å². The van der Waals surface area contributed by atoms with Gasteiger partial charge in [-0.3, -0.25) is 0 Å². The molecule has 0 fully saturated rings. The largest absolute Gasteiger partial charge is 0.489 e. The summed E-state index contributed by atoms with van der Waals surface area (Å²) in [5, 5.41) is 0. The molecule has 0 radical (unpaired) electrons. The molecule has 0 spiro atoms. The molecule has 5 nitrogen and oxygen atoms in total. The van der Waals surface area contributed by atoms with E-state index in [9.17, 15) is 4.39 Å². The third-order valence-electron chi connectivity index (χ3n) is 4.31. The number of nitrogens with zero attached hydrogens (tertiary/aromatic N) is 1. The molecule has 1 aromatic heterocycles. The van der Waals surface area contributed by atoms with Crippen LogP contribution in [0.25, 0.3) is 0 Å². The van der Waals surface area contributed by atoms with Crippen LogP contribution < -0.4 is 14.2 Å². The van der Waals surface area contributed by atoms with Gasteiger partial charge < -0.3 is 18.9 Å². The maximum Gasteiger partial charge on any atom is 0.261 e. The molecule has 0 unspecified atom stereocenters. The number of aromatic nitrogens is 1. The van der Waals surface area contributed by atoms with E-state index in [0.29, 0.717) is 30.6 Å². The highest BCUT2D eigenvalue weighted by Crippen LogP contribution is 2.40. The van der Waals surface area contributed by atoms with Gasteiger partial charge in [-0.2, -0.15) is 0 Å². The first kappa shape index (κ1) is 30.9. The number of pyridine rings is 1.